The van der Waals surface area contributed by atoms with Gasteiger partial charge in [-0.15, -0.1) is 0 Å². The second kappa shape index (κ2) is 14.3. The number of carbonyl (C=O) groups is 1. The first kappa shape index (κ1) is 29.0. The number of aliphatic hydroxyl groups excluding tert-OH is 1. The van der Waals surface area contributed by atoms with Gasteiger partial charge in [-0.2, -0.15) is 0 Å². The highest BCUT2D eigenvalue weighted by molar-refractivity contribution is 5.74. The summed E-state index contributed by atoms with van der Waals surface area (Å²) in [6, 6.07) is 18.4. The molecular formula is C28H40N2O4. The number of ether oxygens (including phenoxy) is 2. The highest BCUT2D eigenvalue weighted by atomic mass is 16.6. The Labute approximate surface area is 204 Å². The Bertz CT molecular complexity index is 996. The molecule has 1 aromatic heterocycles. The van der Waals surface area contributed by atoms with Crippen LogP contribution in [0, 0.1) is 5.92 Å². The van der Waals surface area contributed by atoms with Gasteiger partial charge in [-0.25, -0.2) is 9.97 Å². The van der Waals surface area contributed by atoms with Crippen LogP contribution in [0.5, 0.6) is 5.88 Å². The number of esters is 1. The maximum absolute atomic E-state index is 10.9. The van der Waals surface area contributed by atoms with Crippen LogP contribution >= 0.6 is 0 Å². The monoisotopic (exact) mass is 468 g/mol. The lowest BCUT2D eigenvalue weighted by molar-refractivity contribution is -0.158. The lowest BCUT2D eigenvalue weighted by atomic mass is 10.1. The molecule has 0 radical (unpaired) electrons. The number of hydrogen-bond donors (Lipinski definition) is 1. The molecule has 186 valence electrons. The van der Waals surface area contributed by atoms with E-state index in [9.17, 15) is 4.79 Å². The molecular weight excluding hydrogens is 428 g/mol. The normalized spacial score (nSPS) is 10.8. The van der Waals surface area contributed by atoms with Crippen molar-refractivity contribution in [2.75, 3.05) is 7.11 Å². The molecule has 6 nitrogen and oxygen atoms in total. The predicted molar refractivity (Wildman–Crippen MR) is 138 cm³/mol. The molecule has 3 aromatic rings. The molecule has 3 rings (SSSR count). The van der Waals surface area contributed by atoms with Gasteiger partial charge in [-0.05, 0) is 65.2 Å². The molecule has 0 spiro atoms. The number of nitrogens with zero attached hydrogens (tertiary/aromatic N) is 2. The summed E-state index contributed by atoms with van der Waals surface area (Å²) in [6.45, 7) is 13.3. The molecule has 34 heavy (non-hydrogen) atoms. The van der Waals surface area contributed by atoms with E-state index in [-0.39, 0.29) is 23.6 Å². The molecule has 0 atom stereocenters. The number of aryl methyl sites for hydroxylation is 2. The number of hydrogen-bond acceptors (Lipinski definition) is 6. The van der Waals surface area contributed by atoms with Crippen LogP contribution in [0.4, 0.5) is 0 Å². The summed E-state index contributed by atoms with van der Waals surface area (Å²) in [5.74, 6) is 0.497. The third-order valence-electron chi connectivity index (χ3n) is 4.32. The van der Waals surface area contributed by atoms with Crippen LogP contribution in [-0.4, -0.2) is 39.9 Å². The Morgan fingerprint density at radius 3 is 1.85 bits per heavy atom. The number of rotatable bonds is 6. The average Bonchev–Trinajstić information content (AvgIpc) is 2.78. The molecule has 0 aliphatic carbocycles. The van der Waals surface area contributed by atoms with Crippen LogP contribution in [0.1, 0.15) is 59.7 Å². The molecule has 0 bridgehead atoms. The van der Waals surface area contributed by atoms with Crippen molar-refractivity contribution >= 4 is 17.0 Å². The number of benzene rings is 2. The van der Waals surface area contributed by atoms with Gasteiger partial charge in [0.25, 0.3) is 0 Å². The fraction of sp³-hybridized carbons (Fsp3) is 0.464. The Balaban J connectivity index is 0.000000409. The van der Waals surface area contributed by atoms with Crippen molar-refractivity contribution in [2.45, 2.75) is 73.0 Å². The smallest absolute Gasteiger partial charge is 0.308 e. The molecule has 0 amide bonds. The molecule has 0 unspecified atom stereocenters. The van der Waals surface area contributed by atoms with Crippen LogP contribution in [0.25, 0.3) is 11.0 Å². The molecule has 0 fully saturated rings. The summed E-state index contributed by atoms with van der Waals surface area (Å²) in [6.07, 6.45) is 1.84. The van der Waals surface area contributed by atoms with Crippen molar-refractivity contribution < 1.29 is 19.4 Å². The summed E-state index contributed by atoms with van der Waals surface area (Å²) in [5.41, 5.74) is 3.67. The van der Waals surface area contributed by atoms with Crippen molar-refractivity contribution in [3.05, 3.63) is 65.9 Å². The van der Waals surface area contributed by atoms with E-state index in [2.05, 4.69) is 29.2 Å². The van der Waals surface area contributed by atoms with Crippen molar-refractivity contribution in [3.63, 3.8) is 0 Å². The summed E-state index contributed by atoms with van der Waals surface area (Å²) in [4.78, 5) is 20.3. The second-order valence-electron chi connectivity index (χ2n) is 9.30. The molecule has 0 saturated carbocycles. The molecule has 1 N–H and O–H groups in total. The molecule has 2 aromatic carbocycles. The SMILES string of the molecule is CC(C)C(=O)OC(C)(C)C.CC(C)Oc1nc2ccccc2nc1CCc1ccccc1.CO. The number of para-hydroxylation sites is 2. The molecule has 0 aliphatic heterocycles. The van der Waals surface area contributed by atoms with Crippen LogP contribution in [-0.2, 0) is 22.4 Å². The van der Waals surface area contributed by atoms with Crippen LogP contribution in [0.15, 0.2) is 54.6 Å². The number of aromatic nitrogens is 2. The first-order valence-electron chi connectivity index (χ1n) is 11.7. The van der Waals surface area contributed by atoms with Crippen molar-refractivity contribution in [1.82, 2.24) is 9.97 Å². The minimum Gasteiger partial charge on any atom is -0.474 e. The highest BCUT2D eigenvalue weighted by Gasteiger charge is 2.18. The van der Waals surface area contributed by atoms with E-state index in [1.807, 2.05) is 78.8 Å². The van der Waals surface area contributed by atoms with Gasteiger partial charge in [0.2, 0.25) is 5.88 Å². The summed E-state index contributed by atoms with van der Waals surface area (Å²) in [5, 5.41) is 7.00. The Hall–Kier alpha value is -2.99. The first-order valence-corrected chi connectivity index (χ1v) is 11.7. The van der Waals surface area contributed by atoms with E-state index in [0.29, 0.717) is 5.88 Å². The van der Waals surface area contributed by atoms with Crippen LogP contribution in [0.2, 0.25) is 0 Å². The Kier molecular flexibility index (Phi) is 12.2. The standard InChI is InChI=1S/C19H20N2O.C8H16O2.CH4O/c1-14(2)22-19-18(13-12-15-8-4-3-5-9-15)20-16-10-6-7-11-17(16)21-19;1-6(2)7(9)10-8(3,4)5;1-2/h3-11,14H,12-13H2,1-2H3;6H,1-5H3;2H,1H3. The van der Waals surface area contributed by atoms with E-state index in [1.165, 1.54) is 5.56 Å². The zero-order valence-electron chi connectivity index (χ0n) is 21.8. The van der Waals surface area contributed by atoms with E-state index in [4.69, 9.17) is 19.6 Å². The molecule has 0 saturated heterocycles. The van der Waals surface area contributed by atoms with E-state index in [0.717, 1.165) is 36.7 Å². The Morgan fingerprint density at radius 1 is 0.853 bits per heavy atom. The molecule has 6 heteroatoms. The van der Waals surface area contributed by atoms with Gasteiger partial charge in [0.15, 0.2) is 0 Å². The number of aliphatic hydroxyl groups is 1. The first-order chi connectivity index (χ1) is 16.0. The molecule has 1 heterocycles. The zero-order chi connectivity index (χ0) is 25.7. The lowest BCUT2D eigenvalue weighted by Gasteiger charge is -2.20. The lowest BCUT2D eigenvalue weighted by Crippen LogP contribution is -2.26. The summed E-state index contributed by atoms with van der Waals surface area (Å²) < 4.78 is 10.9. The minimum atomic E-state index is -0.346. The number of carbonyl (C=O) groups excluding carboxylic acids is 1. The largest absolute Gasteiger partial charge is 0.474 e. The predicted octanol–water partition coefficient (Wildman–Crippen LogP) is 5.79. The summed E-state index contributed by atoms with van der Waals surface area (Å²) in [7, 11) is 1.00. The second-order valence-corrected chi connectivity index (χ2v) is 9.30. The van der Waals surface area contributed by atoms with Crippen molar-refractivity contribution in [3.8, 4) is 5.88 Å². The van der Waals surface area contributed by atoms with Crippen molar-refractivity contribution in [1.29, 1.82) is 0 Å². The minimum absolute atomic E-state index is 0.0285. The Morgan fingerprint density at radius 2 is 1.38 bits per heavy atom. The quantitative estimate of drug-likeness (QED) is 0.461. The van der Waals surface area contributed by atoms with Gasteiger partial charge < -0.3 is 14.6 Å². The van der Waals surface area contributed by atoms with Crippen LogP contribution < -0.4 is 4.74 Å². The maximum atomic E-state index is 10.9. The highest BCUT2D eigenvalue weighted by Crippen LogP contribution is 2.21. The van der Waals surface area contributed by atoms with Crippen molar-refractivity contribution in [2.24, 2.45) is 5.92 Å². The third-order valence-corrected chi connectivity index (χ3v) is 4.32. The fourth-order valence-corrected chi connectivity index (χ4v) is 2.83. The molecule has 0 aliphatic rings. The average molecular weight is 469 g/mol. The third kappa shape index (κ3) is 10.8. The topological polar surface area (TPSA) is 81.5 Å². The summed E-state index contributed by atoms with van der Waals surface area (Å²) >= 11 is 0. The number of fused-ring (bicyclic) bond motifs is 1. The van der Waals surface area contributed by atoms with Gasteiger partial charge in [0.05, 0.1) is 23.1 Å². The maximum Gasteiger partial charge on any atom is 0.308 e. The van der Waals surface area contributed by atoms with Gasteiger partial charge in [-0.1, -0.05) is 56.3 Å². The van der Waals surface area contributed by atoms with Gasteiger partial charge >= 0.3 is 5.97 Å². The van der Waals surface area contributed by atoms with Gasteiger partial charge in [0, 0.05) is 7.11 Å². The van der Waals surface area contributed by atoms with E-state index in [1.54, 1.807) is 0 Å². The van der Waals surface area contributed by atoms with E-state index >= 15 is 0 Å². The van der Waals surface area contributed by atoms with E-state index < -0.39 is 0 Å². The zero-order valence-corrected chi connectivity index (χ0v) is 21.8. The van der Waals surface area contributed by atoms with Gasteiger partial charge in [0.1, 0.15) is 11.3 Å². The van der Waals surface area contributed by atoms with Crippen LogP contribution in [0.3, 0.4) is 0 Å². The fourth-order valence-electron chi connectivity index (χ4n) is 2.83. The van der Waals surface area contributed by atoms with Gasteiger partial charge in [-0.3, -0.25) is 4.79 Å².